The lowest BCUT2D eigenvalue weighted by atomic mass is 10.1. The van der Waals surface area contributed by atoms with E-state index < -0.39 is 17.0 Å². The molecule has 0 heterocycles. The minimum atomic E-state index is -4.41. The van der Waals surface area contributed by atoms with Crippen molar-refractivity contribution in [1.82, 2.24) is 5.32 Å². The molecule has 1 atom stereocenters. The summed E-state index contributed by atoms with van der Waals surface area (Å²) in [6.07, 6.45) is 0. The van der Waals surface area contributed by atoms with Crippen LogP contribution in [0.15, 0.2) is 53.4 Å². The lowest BCUT2D eigenvalue weighted by molar-refractivity contribution is -0.0328. The van der Waals surface area contributed by atoms with Gasteiger partial charge < -0.3 is 10.1 Å². The fraction of sp³-hybridized carbons (Fsp3) is 0.211. The molecule has 5 nitrogen and oxygen atoms in total. The molecule has 0 aliphatic carbocycles. The second-order valence-corrected chi connectivity index (χ2v) is 7.04. The Morgan fingerprint density at radius 3 is 2.43 bits per heavy atom. The van der Waals surface area contributed by atoms with Crippen molar-refractivity contribution in [2.75, 3.05) is 6.61 Å². The molecule has 2 rings (SSSR count). The molecule has 9 heteroatoms. The first-order valence-electron chi connectivity index (χ1n) is 7.87. The summed E-state index contributed by atoms with van der Waals surface area (Å²) in [6, 6.07) is 15.1. The van der Waals surface area contributed by atoms with Crippen LogP contribution in [0.3, 0.4) is 0 Å². The summed E-state index contributed by atoms with van der Waals surface area (Å²) in [6.45, 7) is 1.26. The average Bonchev–Trinajstić information content (AvgIpc) is 2.66. The van der Waals surface area contributed by atoms with Crippen molar-refractivity contribution in [3.63, 3.8) is 0 Å². The second-order valence-electron chi connectivity index (χ2n) is 5.90. The van der Waals surface area contributed by atoms with Gasteiger partial charge in [-0.15, -0.1) is 0 Å². The lowest BCUT2D eigenvalue weighted by Gasteiger charge is -2.23. The van der Waals surface area contributed by atoms with Gasteiger partial charge in [-0.1, -0.05) is 6.07 Å². The van der Waals surface area contributed by atoms with Crippen LogP contribution in [0.1, 0.15) is 22.8 Å². The first-order chi connectivity index (χ1) is 13.1. The number of hydrogen-bond acceptors (Lipinski definition) is 5. The van der Waals surface area contributed by atoms with Crippen LogP contribution < -0.4 is 10.1 Å². The summed E-state index contributed by atoms with van der Waals surface area (Å²) in [4.78, 5) is 12.3. The van der Waals surface area contributed by atoms with Crippen LogP contribution in [0.5, 0.6) is 5.75 Å². The fourth-order valence-corrected chi connectivity index (χ4v) is 2.65. The quantitative estimate of drug-likeness (QED) is 0.726. The maximum absolute atomic E-state index is 12.4. The minimum absolute atomic E-state index is 0.0483. The molecule has 0 spiro atoms. The predicted molar refractivity (Wildman–Crippen MR) is 96.5 cm³/mol. The number of ether oxygens (including phenoxy) is 1. The minimum Gasteiger partial charge on any atom is -0.490 e. The largest absolute Gasteiger partial charge is 0.490 e. The van der Waals surface area contributed by atoms with Gasteiger partial charge in [0.2, 0.25) is 0 Å². The Labute approximate surface area is 163 Å². The molecule has 0 aliphatic heterocycles. The van der Waals surface area contributed by atoms with Crippen LogP contribution in [0.4, 0.5) is 13.2 Å². The Hall–Kier alpha value is -3.17. The zero-order valence-electron chi connectivity index (χ0n) is 14.6. The number of hydrogen-bond donors (Lipinski definition) is 1. The Balaban J connectivity index is 2.03. The van der Waals surface area contributed by atoms with E-state index in [1.165, 1.54) is 37.3 Å². The van der Waals surface area contributed by atoms with Crippen LogP contribution >= 0.6 is 11.8 Å². The molecule has 1 N–H and O–H groups in total. The number of benzene rings is 2. The highest BCUT2D eigenvalue weighted by atomic mass is 32.2. The molecule has 28 heavy (non-hydrogen) atoms. The highest BCUT2D eigenvalue weighted by molar-refractivity contribution is 8.00. The summed E-state index contributed by atoms with van der Waals surface area (Å²) in [5.74, 6) is -0.259. The number of nitrogens with zero attached hydrogens (tertiary/aromatic N) is 2. The van der Waals surface area contributed by atoms with Gasteiger partial charge in [0.1, 0.15) is 12.4 Å². The summed E-state index contributed by atoms with van der Waals surface area (Å²) in [7, 11) is 0. The van der Waals surface area contributed by atoms with Gasteiger partial charge in [0.15, 0.2) is 5.54 Å². The number of thioether (sulfide) groups is 1. The second kappa shape index (κ2) is 8.68. The molecule has 2 aromatic carbocycles. The normalized spacial score (nSPS) is 12.9. The van der Waals surface area contributed by atoms with E-state index in [1.54, 1.807) is 18.2 Å². The Kier molecular flexibility index (Phi) is 6.55. The van der Waals surface area contributed by atoms with E-state index >= 15 is 0 Å². The van der Waals surface area contributed by atoms with Crippen molar-refractivity contribution in [2.24, 2.45) is 0 Å². The van der Waals surface area contributed by atoms with Crippen molar-refractivity contribution in [3.8, 4) is 17.9 Å². The fourth-order valence-electron chi connectivity index (χ4n) is 2.11. The standard InChI is InChI=1S/C19H14F3N3O2S/c1-18(11-24,12-27-15-4-2-3-13(9-15)10-23)25-17(26)14-5-7-16(8-6-14)28-19(20,21)22/h2-9H,12H2,1H3,(H,25,26)/t18-/m0/s1. The average molecular weight is 405 g/mol. The zero-order valence-corrected chi connectivity index (χ0v) is 15.4. The number of amides is 1. The van der Waals surface area contributed by atoms with Gasteiger partial charge in [-0.25, -0.2) is 0 Å². The molecular weight excluding hydrogens is 391 g/mol. The molecule has 0 radical (unpaired) electrons. The Morgan fingerprint density at radius 1 is 1.18 bits per heavy atom. The van der Waals surface area contributed by atoms with Gasteiger partial charge in [0.05, 0.1) is 17.7 Å². The molecule has 0 aromatic heterocycles. The molecule has 0 bridgehead atoms. The predicted octanol–water partition coefficient (Wildman–Crippen LogP) is 4.26. The summed E-state index contributed by atoms with van der Waals surface area (Å²) in [5, 5.41) is 20.8. The number of carbonyl (C=O) groups excluding carboxylic acids is 1. The van der Waals surface area contributed by atoms with Gasteiger partial charge in [0.25, 0.3) is 5.91 Å². The molecule has 0 aliphatic rings. The monoisotopic (exact) mass is 405 g/mol. The van der Waals surface area contributed by atoms with Crippen molar-refractivity contribution >= 4 is 17.7 Å². The molecule has 0 fully saturated rings. The van der Waals surface area contributed by atoms with E-state index in [-0.39, 0.29) is 28.8 Å². The van der Waals surface area contributed by atoms with E-state index in [2.05, 4.69) is 5.32 Å². The molecule has 0 unspecified atom stereocenters. The Bertz CT molecular complexity index is 933. The number of rotatable bonds is 6. The first kappa shape index (κ1) is 21.1. The molecular formula is C19H14F3N3O2S. The van der Waals surface area contributed by atoms with Gasteiger partial charge in [-0.05, 0) is 61.2 Å². The van der Waals surface area contributed by atoms with Crippen molar-refractivity contribution in [1.29, 1.82) is 10.5 Å². The van der Waals surface area contributed by atoms with E-state index in [0.717, 1.165) is 0 Å². The van der Waals surface area contributed by atoms with E-state index in [9.17, 15) is 23.2 Å². The van der Waals surface area contributed by atoms with Crippen LogP contribution in [-0.2, 0) is 0 Å². The number of nitrogens with one attached hydrogen (secondary N) is 1. The van der Waals surface area contributed by atoms with Crippen molar-refractivity contribution < 1.29 is 22.7 Å². The lowest BCUT2D eigenvalue weighted by Crippen LogP contribution is -2.49. The number of carbonyl (C=O) groups is 1. The number of alkyl halides is 3. The summed E-state index contributed by atoms with van der Waals surface area (Å²) < 4.78 is 42.6. The number of nitriles is 2. The van der Waals surface area contributed by atoms with Crippen LogP contribution in [0.25, 0.3) is 0 Å². The maximum atomic E-state index is 12.4. The molecule has 0 saturated carbocycles. The molecule has 1 amide bonds. The highest BCUT2D eigenvalue weighted by Gasteiger charge is 2.30. The zero-order chi connectivity index (χ0) is 20.8. The van der Waals surface area contributed by atoms with E-state index in [1.807, 2.05) is 12.1 Å². The topological polar surface area (TPSA) is 85.9 Å². The van der Waals surface area contributed by atoms with Gasteiger partial charge in [-0.3, -0.25) is 4.79 Å². The van der Waals surface area contributed by atoms with Crippen molar-refractivity contribution in [2.45, 2.75) is 22.9 Å². The van der Waals surface area contributed by atoms with Crippen LogP contribution in [-0.4, -0.2) is 23.6 Å². The molecule has 144 valence electrons. The third-order valence-electron chi connectivity index (χ3n) is 3.48. The van der Waals surface area contributed by atoms with Crippen LogP contribution in [0.2, 0.25) is 0 Å². The summed E-state index contributed by atoms with van der Waals surface area (Å²) >= 11 is -0.279. The van der Waals surface area contributed by atoms with Crippen molar-refractivity contribution in [3.05, 3.63) is 59.7 Å². The van der Waals surface area contributed by atoms with Crippen LogP contribution in [0, 0.1) is 22.7 Å². The molecule has 0 saturated heterocycles. The SMILES string of the molecule is C[C@](C#N)(COc1cccc(C#N)c1)NC(=O)c1ccc(SC(F)(F)F)cc1. The van der Waals surface area contributed by atoms with E-state index in [0.29, 0.717) is 11.3 Å². The van der Waals surface area contributed by atoms with E-state index in [4.69, 9.17) is 10.00 Å². The van der Waals surface area contributed by atoms with Gasteiger partial charge >= 0.3 is 5.51 Å². The van der Waals surface area contributed by atoms with Gasteiger partial charge in [-0.2, -0.15) is 23.7 Å². The highest BCUT2D eigenvalue weighted by Crippen LogP contribution is 2.36. The first-order valence-corrected chi connectivity index (χ1v) is 8.68. The summed E-state index contributed by atoms with van der Waals surface area (Å²) in [5.41, 5.74) is -5.31. The molecule has 2 aromatic rings. The maximum Gasteiger partial charge on any atom is 0.446 e. The van der Waals surface area contributed by atoms with Gasteiger partial charge in [0, 0.05) is 10.5 Å². The third-order valence-corrected chi connectivity index (χ3v) is 4.22. The third kappa shape index (κ3) is 6.22. The Morgan fingerprint density at radius 2 is 1.86 bits per heavy atom. The smallest absolute Gasteiger partial charge is 0.446 e. The number of halogens is 3.